The minimum atomic E-state index is -3.54. The third kappa shape index (κ3) is 3.79. The van der Waals surface area contributed by atoms with Gasteiger partial charge in [0.05, 0.1) is 10.6 Å². The van der Waals surface area contributed by atoms with Crippen LogP contribution in [0.5, 0.6) is 0 Å². The van der Waals surface area contributed by atoms with E-state index in [1.807, 2.05) is 36.4 Å². The molecule has 0 spiro atoms. The maximum Gasteiger partial charge on any atom is 0.242 e. The normalized spacial score (nSPS) is 12.2. The van der Waals surface area contributed by atoms with Gasteiger partial charge < -0.3 is 0 Å². The van der Waals surface area contributed by atoms with Gasteiger partial charge in [-0.2, -0.15) is 9.61 Å². The summed E-state index contributed by atoms with van der Waals surface area (Å²) in [6.45, 7) is 0. The number of aromatic nitrogens is 4. The van der Waals surface area contributed by atoms with Crippen molar-refractivity contribution in [2.45, 2.75) is 9.73 Å². The molecule has 0 aliphatic rings. The molecule has 7 nitrogen and oxygen atoms in total. The van der Waals surface area contributed by atoms with Crippen molar-refractivity contribution >= 4 is 38.9 Å². The summed E-state index contributed by atoms with van der Waals surface area (Å²) < 4.78 is 27.4. The molecule has 2 heterocycles. The second kappa shape index (κ2) is 7.96. The minimum Gasteiger partial charge on any atom is -0.211 e. The van der Waals surface area contributed by atoms with Crippen molar-refractivity contribution in [1.82, 2.24) is 23.9 Å². The molecule has 2 aromatic heterocycles. The van der Waals surface area contributed by atoms with Gasteiger partial charge in [-0.25, -0.2) is 22.7 Å². The number of hydrogen-bond donors (Lipinski definition) is 0. The van der Waals surface area contributed by atoms with E-state index in [9.17, 15) is 8.42 Å². The molecular formula is C20H17Cl2N5O2S. The van der Waals surface area contributed by atoms with E-state index >= 15 is 0 Å². The van der Waals surface area contributed by atoms with Gasteiger partial charge in [0, 0.05) is 31.3 Å². The highest BCUT2D eigenvalue weighted by atomic mass is 35.5. The highest BCUT2D eigenvalue weighted by Gasteiger charge is 2.20. The van der Waals surface area contributed by atoms with Gasteiger partial charge in [-0.05, 0) is 24.3 Å². The van der Waals surface area contributed by atoms with Crippen LogP contribution >= 0.6 is 23.2 Å². The van der Waals surface area contributed by atoms with Crippen molar-refractivity contribution in [2.75, 3.05) is 14.1 Å². The van der Waals surface area contributed by atoms with Crippen molar-refractivity contribution < 1.29 is 8.42 Å². The smallest absolute Gasteiger partial charge is 0.211 e. The van der Waals surface area contributed by atoms with E-state index in [1.165, 1.54) is 26.2 Å². The van der Waals surface area contributed by atoms with Crippen molar-refractivity contribution in [2.24, 2.45) is 0 Å². The highest BCUT2D eigenvalue weighted by Crippen LogP contribution is 2.28. The van der Waals surface area contributed by atoms with Crippen LogP contribution in [0.3, 0.4) is 0 Å². The predicted octanol–water partition coefficient (Wildman–Crippen LogP) is 4.18. The van der Waals surface area contributed by atoms with Gasteiger partial charge in [-0.15, -0.1) is 0 Å². The topological polar surface area (TPSA) is 80.5 Å². The largest absolute Gasteiger partial charge is 0.242 e. The molecule has 0 saturated carbocycles. The zero-order valence-electron chi connectivity index (χ0n) is 16.1. The molecule has 2 aromatic carbocycles. The van der Waals surface area contributed by atoms with Crippen LogP contribution < -0.4 is 0 Å². The van der Waals surface area contributed by atoms with E-state index in [4.69, 9.17) is 23.2 Å². The molecule has 154 valence electrons. The van der Waals surface area contributed by atoms with Crippen LogP contribution in [0.1, 0.15) is 10.7 Å². The third-order valence-electron chi connectivity index (χ3n) is 4.50. The fraction of sp³-hybridized carbons (Fsp3) is 0.150. The fourth-order valence-electron chi connectivity index (χ4n) is 2.93. The van der Waals surface area contributed by atoms with E-state index in [2.05, 4.69) is 15.1 Å². The minimum absolute atomic E-state index is 0.180. The van der Waals surface area contributed by atoms with Crippen molar-refractivity contribution in [3.05, 3.63) is 66.5 Å². The van der Waals surface area contributed by atoms with Crippen LogP contribution in [0.25, 0.3) is 28.3 Å². The van der Waals surface area contributed by atoms with Crippen LogP contribution in [-0.2, 0) is 10.0 Å². The number of rotatable bonds is 5. The molecule has 0 radical (unpaired) electrons. The Morgan fingerprint density at radius 1 is 0.933 bits per heavy atom. The Kier molecular flexibility index (Phi) is 5.50. The number of sulfonamides is 1. The monoisotopic (exact) mass is 461 g/mol. The SMILES string of the molecule is CN(C)S(=O)(=O)c1ccc(-c2nc(C(Cl)Cl)nc3cc(-c4ccccc4)nn23)cc1. The molecule has 0 unspecified atom stereocenters. The number of benzene rings is 2. The second-order valence-corrected chi connectivity index (χ2v) is 9.93. The van der Waals surface area contributed by atoms with Crippen LogP contribution in [0.2, 0.25) is 0 Å². The summed E-state index contributed by atoms with van der Waals surface area (Å²) in [5.74, 6) is 0.697. The summed E-state index contributed by atoms with van der Waals surface area (Å²) >= 11 is 12.1. The molecule has 4 rings (SSSR count). The highest BCUT2D eigenvalue weighted by molar-refractivity contribution is 7.89. The molecule has 30 heavy (non-hydrogen) atoms. The summed E-state index contributed by atoms with van der Waals surface area (Å²) in [6, 6.07) is 17.9. The van der Waals surface area contributed by atoms with Gasteiger partial charge in [-0.1, -0.05) is 53.5 Å². The molecule has 0 N–H and O–H groups in total. The zero-order chi connectivity index (χ0) is 21.5. The molecule has 0 saturated heterocycles. The van der Waals surface area contributed by atoms with Gasteiger partial charge in [0.15, 0.2) is 22.1 Å². The number of fused-ring (bicyclic) bond motifs is 1. The molecule has 0 atom stereocenters. The summed E-state index contributed by atoms with van der Waals surface area (Å²) in [6.07, 6.45) is 0. The maximum atomic E-state index is 12.3. The summed E-state index contributed by atoms with van der Waals surface area (Å²) in [5.41, 5.74) is 2.83. The van der Waals surface area contributed by atoms with Crippen LogP contribution in [0.4, 0.5) is 0 Å². The first kappa shape index (κ1) is 20.7. The molecule has 4 aromatic rings. The molecule has 0 fully saturated rings. The number of halogens is 2. The first-order chi connectivity index (χ1) is 14.3. The van der Waals surface area contributed by atoms with Gasteiger partial charge in [0.25, 0.3) is 0 Å². The Labute approximate surface area is 184 Å². The Balaban J connectivity index is 1.88. The quantitative estimate of drug-likeness (QED) is 0.416. The lowest BCUT2D eigenvalue weighted by Crippen LogP contribution is -2.22. The number of hydrogen-bond acceptors (Lipinski definition) is 5. The first-order valence-corrected chi connectivity index (χ1v) is 11.2. The maximum absolute atomic E-state index is 12.3. The van der Waals surface area contributed by atoms with E-state index < -0.39 is 14.9 Å². The lowest BCUT2D eigenvalue weighted by Gasteiger charge is -2.12. The zero-order valence-corrected chi connectivity index (χ0v) is 18.4. The molecule has 0 aliphatic heterocycles. The van der Waals surface area contributed by atoms with Crippen molar-refractivity contribution in [3.63, 3.8) is 0 Å². The number of nitrogens with zero attached hydrogens (tertiary/aromatic N) is 5. The number of alkyl halides is 2. The fourth-order valence-corrected chi connectivity index (χ4v) is 4.02. The second-order valence-electron chi connectivity index (χ2n) is 6.68. The van der Waals surface area contributed by atoms with E-state index in [-0.39, 0.29) is 10.7 Å². The lowest BCUT2D eigenvalue weighted by molar-refractivity contribution is 0.521. The van der Waals surface area contributed by atoms with Crippen LogP contribution in [-0.4, -0.2) is 46.4 Å². The Bertz CT molecular complexity index is 1300. The van der Waals surface area contributed by atoms with Gasteiger partial charge >= 0.3 is 0 Å². The van der Waals surface area contributed by atoms with E-state index in [0.717, 1.165) is 15.6 Å². The molecule has 10 heteroatoms. The van der Waals surface area contributed by atoms with Gasteiger partial charge in [0.2, 0.25) is 10.0 Å². The lowest BCUT2D eigenvalue weighted by atomic mass is 10.2. The Morgan fingerprint density at radius 3 is 2.20 bits per heavy atom. The van der Waals surface area contributed by atoms with E-state index in [1.54, 1.807) is 16.6 Å². The molecule has 0 bridgehead atoms. The van der Waals surface area contributed by atoms with Crippen molar-refractivity contribution in [1.29, 1.82) is 0 Å². The average Bonchev–Trinajstić information content (AvgIpc) is 3.18. The average molecular weight is 462 g/mol. The Hall–Kier alpha value is -2.52. The predicted molar refractivity (Wildman–Crippen MR) is 117 cm³/mol. The standard InChI is InChI=1S/C20H17Cl2N5O2S/c1-26(2)30(28,29)15-10-8-14(9-11-15)20-24-19(18(21)22)23-17-12-16(25-27(17)20)13-6-4-3-5-7-13/h3-12,18H,1-2H3. The Morgan fingerprint density at radius 2 is 1.60 bits per heavy atom. The summed E-state index contributed by atoms with van der Waals surface area (Å²) in [7, 11) is -0.565. The molecule has 0 aliphatic carbocycles. The van der Waals surface area contributed by atoms with Crippen LogP contribution in [0, 0.1) is 0 Å². The third-order valence-corrected chi connectivity index (χ3v) is 6.72. The summed E-state index contributed by atoms with van der Waals surface area (Å²) in [4.78, 5) is 8.14. The van der Waals surface area contributed by atoms with E-state index in [0.29, 0.717) is 17.0 Å². The van der Waals surface area contributed by atoms with Gasteiger partial charge in [-0.3, -0.25) is 0 Å². The molecular weight excluding hydrogens is 445 g/mol. The summed E-state index contributed by atoms with van der Waals surface area (Å²) in [5, 5.41) is 4.64. The van der Waals surface area contributed by atoms with Gasteiger partial charge in [0.1, 0.15) is 0 Å². The van der Waals surface area contributed by atoms with Crippen molar-refractivity contribution in [3.8, 4) is 22.6 Å². The van der Waals surface area contributed by atoms with Crippen LogP contribution in [0.15, 0.2) is 65.6 Å². The molecule has 0 amide bonds. The first-order valence-electron chi connectivity index (χ1n) is 8.91.